The monoisotopic (exact) mass is 243 g/mol. The van der Waals surface area contributed by atoms with E-state index in [4.69, 9.17) is 0 Å². The van der Waals surface area contributed by atoms with Gasteiger partial charge in [-0.05, 0) is 54.1 Å². The molecule has 0 atom stereocenters. The first-order chi connectivity index (χ1) is 8.70. The molecule has 0 heterocycles. The Morgan fingerprint density at radius 2 is 1.83 bits per heavy atom. The summed E-state index contributed by atoms with van der Waals surface area (Å²) < 4.78 is 0. The minimum absolute atomic E-state index is 0.636. The molecule has 1 N–H and O–H groups in total. The lowest BCUT2D eigenvalue weighted by Gasteiger charge is -2.15. The van der Waals surface area contributed by atoms with Crippen LogP contribution in [0, 0.1) is 11.3 Å². The summed E-state index contributed by atoms with van der Waals surface area (Å²) in [4.78, 5) is 0. The molecule has 2 aliphatic rings. The van der Waals surface area contributed by atoms with Crippen LogP contribution >= 0.6 is 0 Å². The third-order valence-electron chi connectivity index (χ3n) is 4.79. The van der Waals surface area contributed by atoms with E-state index in [1.54, 1.807) is 0 Å². The van der Waals surface area contributed by atoms with E-state index >= 15 is 0 Å². The van der Waals surface area contributed by atoms with Crippen molar-refractivity contribution < 1.29 is 0 Å². The summed E-state index contributed by atoms with van der Waals surface area (Å²) in [5.74, 6) is 1.70. The van der Waals surface area contributed by atoms with Crippen LogP contribution in [0.15, 0.2) is 24.3 Å². The van der Waals surface area contributed by atoms with Crippen LogP contribution in [0.2, 0.25) is 0 Å². The van der Waals surface area contributed by atoms with Crippen molar-refractivity contribution in [1.82, 2.24) is 5.32 Å². The van der Waals surface area contributed by atoms with Gasteiger partial charge in [0.25, 0.3) is 0 Å². The summed E-state index contributed by atoms with van der Waals surface area (Å²) >= 11 is 0. The predicted octanol–water partition coefficient (Wildman–Crippen LogP) is 4.09. The largest absolute Gasteiger partial charge is 0.312 e. The van der Waals surface area contributed by atoms with Crippen molar-refractivity contribution in [2.75, 3.05) is 6.54 Å². The Bertz CT molecular complexity index is 396. The van der Waals surface area contributed by atoms with Gasteiger partial charge in [0, 0.05) is 13.1 Å². The topological polar surface area (TPSA) is 12.0 Å². The molecule has 3 rings (SSSR count). The molecule has 1 aromatic carbocycles. The molecule has 1 aromatic rings. The van der Waals surface area contributed by atoms with Gasteiger partial charge >= 0.3 is 0 Å². The highest BCUT2D eigenvalue weighted by Gasteiger charge is 2.53. The van der Waals surface area contributed by atoms with Crippen molar-refractivity contribution in [3.63, 3.8) is 0 Å². The fourth-order valence-corrected chi connectivity index (χ4v) is 3.06. The Morgan fingerprint density at radius 3 is 2.33 bits per heavy atom. The lowest BCUT2D eigenvalue weighted by atomic mass is 10.00. The van der Waals surface area contributed by atoms with Crippen molar-refractivity contribution >= 4 is 0 Å². The van der Waals surface area contributed by atoms with Gasteiger partial charge in [-0.2, -0.15) is 0 Å². The predicted molar refractivity (Wildman–Crippen MR) is 76.6 cm³/mol. The van der Waals surface area contributed by atoms with Crippen LogP contribution < -0.4 is 5.32 Å². The first-order valence-electron chi connectivity index (χ1n) is 7.49. The summed E-state index contributed by atoms with van der Waals surface area (Å²) in [5.41, 5.74) is 3.58. The van der Waals surface area contributed by atoms with Crippen LogP contribution in [0.25, 0.3) is 0 Å². The first-order valence-corrected chi connectivity index (χ1v) is 7.49. The summed E-state index contributed by atoms with van der Waals surface area (Å²) in [6, 6.07) is 9.10. The van der Waals surface area contributed by atoms with E-state index in [0.717, 1.165) is 17.9 Å². The molecule has 18 heavy (non-hydrogen) atoms. The van der Waals surface area contributed by atoms with Gasteiger partial charge in [0.1, 0.15) is 0 Å². The highest BCUT2D eigenvalue weighted by molar-refractivity contribution is 5.24. The minimum Gasteiger partial charge on any atom is -0.312 e. The van der Waals surface area contributed by atoms with Gasteiger partial charge in [0.15, 0.2) is 0 Å². The van der Waals surface area contributed by atoms with E-state index in [9.17, 15) is 0 Å². The highest BCUT2D eigenvalue weighted by Crippen LogP contribution is 2.60. The average molecular weight is 243 g/mol. The third-order valence-corrected chi connectivity index (χ3v) is 4.79. The molecule has 2 fully saturated rings. The van der Waals surface area contributed by atoms with E-state index in [1.807, 2.05) is 0 Å². The zero-order chi connectivity index (χ0) is 12.6. The quantitative estimate of drug-likeness (QED) is 0.793. The van der Waals surface area contributed by atoms with Gasteiger partial charge < -0.3 is 5.32 Å². The second-order valence-corrected chi connectivity index (χ2v) is 6.64. The van der Waals surface area contributed by atoms with Crippen molar-refractivity contribution in [2.24, 2.45) is 11.3 Å². The standard InChI is InChI=1S/C17H25N/c1-13(2)15-5-3-14(4-6-15)11-18-12-17(9-10-17)16-7-8-16/h3-6,13,16,18H,7-12H2,1-2H3. The van der Waals surface area contributed by atoms with Gasteiger partial charge in [-0.3, -0.25) is 0 Å². The van der Waals surface area contributed by atoms with Crippen LogP contribution in [0.3, 0.4) is 0 Å². The molecule has 0 bridgehead atoms. The number of benzene rings is 1. The fraction of sp³-hybridized carbons (Fsp3) is 0.647. The number of hydrogen-bond donors (Lipinski definition) is 1. The molecule has 0 spiro atoms. The number of rotatable bonds is 6. The van der Waals surface area contributed by atoms with E-state index in [0.29, 0.717) is 5.92 Å². The molecule has 0 saturated heterocycles. The van der Waals surface area contributed by atoms with Gasteiger partial charge in [-0.15, -0.1) is 0 Å². The minimum atomic E-state index is 0.636. The smallest absolute Gasteiger partial charge is 0.0205 e. The molecule has 98 valence electrons. The molecule has 0 aliphatic heterocycles. The molecule has 2 saturated carbocycles. The zero-order valence-electron chi connectivity index (χ0n) is 11.7. The van der Waals surface area contributed by atoms with Crippen molar-refractivity contribution in [3.8, 4) is 0 Å². The van der Waals surface area contributed by atoms with E-state index in [2.05, 4.69) is 43.4 Å². The van der Waals surface area contributed by atoms with E-state index in [-0.39, 0.29) is 0 Å². The van der Waals surface area contributed by atoms with Crippen molar-refractivity contribution in [2.45, 2.75) is 52.0 Å². The van der Waals surface area contributed by atoms with Crippen LogP contribution in [0.5, 0.6) is 0 Å². The van der Waals surface area contributed by atoms with Gasteiger partial charge in [0.05, 0.1) is 0 Å². The number of nitrogens with one attached hydrogen (secondary N) is 1. The maximum Gasteiger partial charge on any atom is 0.0205 e. The van der Waals surface area contributed by atoms with Crippen LogP contribution in [-0.2, 0) is 6.54 Å². The first kappa shape index (κ1) is 12.2. The molecule has 0 radical (unpaired) electrons. The second-order valence-electron chi connectivity index (χ2n) is 6.64. The van der Waals surface area contributed by atoms with Gasteiger partial charge in [-0.1, -0.05) is 38.1 Å². The van der Waals surface area contributed by atoms with E-state index in [1.165, 1.54) is 43.4 Å². The molecule has 1 heteroatoms. The normalized spacial score (nSPS) is 21.3. The summed E-state index contributed by atoms with van der Waals surface area (Å²) in [7, 11) is 0. The Labute approximate surface area is 111 Å². The molecule has 0 aromatic heterocycles. The summed E-state index contributed by atoms with van der Waals surface area (Å²) in [6.45, 7) is 6.77. The summed E-state index contributed by atoms with van der Waals surface area (Å²) in [6.07, 6.45) is 5.92. The van der Waals surface area contributed by atoms with Crippen LogP contribution in [0.4, 0.5) is 0 Å². The molecule has 0 unspecified atom stereocenters. The Balaban J connectivity index is 1.48. The van der Waals surface area contributed by atoms with Crippen LogP contribution in [-0.4, -0.2) is 6.54 Å². The highest BCUT2D eigenvalue weighted by atomic mass is 14.9. The maximum atomic E-state index is 3.67. The fourth-order valence-electron chi connectivity index (χ4n) is 3.06. The Hall–Kier alpha value is -0.820. The Morgan fingerprint density at radius 1 is 1.17 bits per heavy atom. The molecule has 1 nitrogen and oxygen atoms in total. The van der Waals surface area contributed by atoms with Crippen molar-refractivity contribution in [1.29, 1.82) is 0 Å². The zero-order valence-corrected chi connectivity index (χ0v) is 11.7. The second kappa shape index (κ2) is 4.70. The SMILES string of the molecule is CC(C)c1ccc(CNCC2(C3CC3)CC2)cc1. The lowest BCUT2D eigenvalue weighted by Crippen LogP contribution is -2.24. The number of hydrogen-bond acceptors (Lipinski definition) is 1. The van der Waals surface area contributed by atoms with E-state index < -0.39 is 0 Å². The van der Waals surface area contributed by atoms with Crippen LogP contribution in [0.1, 0.15) is 56.6 Å². The van der Waals surface area contributed by atoms with Gasteiger partial charge in [0.2, 0.25) is 0 Å². The molecule has 2 aliphatic carbocycles. The molecular formula is C17H25N. The van der Waals surface area contributed by atoms with Gasteiger partial charge in [-0.25, -0.2) is 0 Å². The average Bonchev–Trinajstić information content (AvgIpc) is 3.23. The molecular weight excluding hydrogens is 218 g/mol. The lowest BCUT2D eigenvalue weighted by molar-refractivity contribution is 0.403. The van der Waals surface area contributed by atoms with Crippen molar-refractivity contribution in [3.05, 3.63) is 35.4 Å². The maximum absolute atomic E-state index is 3.67. The molecule has 0 amide bonds. The Kier molecular flexibility index (Phi) is 3.19. The third kappa shape index (κ3) is 2.61. The summed E-state index contributed by atoms with van der Waals surface area (Å²) in [5, 5.41) is 3.67.